The molecule has 0 unspecified atom stereocenters. The minimum Gasteiger partial charge on any atom is -0.274 e. The number of aromatic nitrogens is 2. The highest BCUT2D eigenvalue weighted by Crippen LogP contribution is 2.46. The SMILES string of the molecule is CCN(C(=O)CC1c2ccccc2-c2ccccc21)S(=O)(=O)c1c(C)nn(C)c1Cl. The Morgan fingerprint density at radius 3 is 2.10 bits per heavy atom. The molecule has 8 heteroatoms. The van der Waals surface area contributed by atoms with Crippen molar-refractivity contribution in [3.8, 4) is 11.1 Å². The smallest absolute Gasteiger partial charge is 0.271 e. The second kappa shape index (κ2) is 7.56. The van der Waals surface area contributed by atoms with Crippen molar-refractivity contribution in [3.05, 3.63) is 70.5 Å². The number of hydrogen-bond acceptors (Lipinski definition) is 4. The van der Waals surface area contributed by atoms with Gasteiger partial charge < -0.3 is 0 Å². The van der Waals surface area contributed by atoms with Gasteiger partial charge in [0, 0.05) is 25.9 Å². The molecule has 6 nitrogen and oxygen atoms in total. The van der Waals surface area contributed by atoms with Gasteiger partial charge in [-0.3, -0.25) is 9.48 Å². The average Bonchev–Trinajstić information content (AvgIpc) is 3.16. The third-order valence-electron chi connectivity index (χ3n) is 5.55. The molecule has 2 aromatic carbocycles. The molecule has 4 rings (SSSR count). The Hall–Kier alpha value is -2.64. The molecule has 0 spiro atoms. The van der Waals surface area contributed by atoms with Gasteiger partial charge in [-0.1, -0.05) is 60.1 Å². The van der Waals surface area contributed by atoms with Crippen molar-refractivity contribution in [1.29, 1.82) is 0 Å². The van der Waals surface area contributed by atoms with Crippen molar-refractivity contribution in [3.63, 3.8) is 0 Å². The van der Waals surface area contributed by atoms with Crippen LogP contribution in [0.15, 0.2) is 53.4 Å². The number of hydrogen-bond donors (Lipinski definition) is 0. The molecular weight excluding hydrogens is 422 g/mol. The lowest BCUT2D eigenvalue weighted by Gasteiger charge is -2.23. The first-order valence-corrected chi connectivity index (χ1v) is 11.5. The maximum absolute atomic E-state index is 13.3. The van der Waals surface area contributed by atoms with E-state index in [0.29, 0.717) is 0 Å². The van der Waals surface area contributed by atoms with Crippen molar-refractivity contribution < 1.29 is 13.2 Å². The molecule has 1 aliphatic rings. The molecule has 0 saturated heterocycles. The Morgan fingerprint density at radius 2 is 1.63 bits per heavy atom. The zero-order chi connectivity index (χ0) is 21.6. The van der Waals surface area contributed by atoms with Crippen LogP contribution < -0.4 is 0 Å². The normalized spacial score (nSPS) is 13.2. The summed E-state index contributed by atoms with van der Waals surface area (Å²) < 4.78 is 28.8. The summed E-state index contributed by atoms with van der Waals surface area (Å²) in [5, 5.41) is 4.08. The Morgan fingerprint density at radius 1 is 1.10 bits per heavy atom. The second-order valence-electron chi connectivity index (χ2n) is 7.32. The second-order valence-corrected chi connectivity index (χ2v) is 9.48. The van der Waals surface area contributed by atoms with Crippen LogP contribution in [0.4, 0.5) is 0 Å². The van der Waals surface area contributed by atoms with Gasteiger partial charge in [0.1, 0.15) is 10.0 Å². The maximum Gasteiger partial charge on any atom is 0.271 e. The Labute approximate surface area is 181 Å². The topological polar surface area (TPSA) is 72.3 Å². The zero-order valence-corrected chi connectivity index (χ0v) is 18.5. The number of fused-ring (bicyclic) bond motifs is 3. The monoisotopic (exact) mass is 443 g/mol. The van der Waals surface area contributed by atoms with Gasteiger partial charge in [-0.2, -0.15) is 5.10 Å². The fourth-order valence-corrected chi connectivity index (χ4v) is 6.38. The Bertz CT molecular complexity index is 1200. The van der Waals surface area contributed by atoms with Gasteiger partial charge >= 0.3 is 0 Å². The molecule has 0 atom stereocenters. The third-order valence-corrected chi connectivity index (χ3v) is 8.15. The predicted octanol–water partition coefficient (Wildman–Crippen LogP) is 4.12. The van der Waals surface area contributed by atoms with Gasteiger partial charge in [-0.15, -0.1) is 0 Å². The number of rotatable bonds is 5. The van der Waals surface area contributed by atoms with Gasteiger partial charge in [0.2, 0.25) is 5.91 Å². The largest absolute Gasteiger partial charge is 0.274 e. The summed E-state index contributed by atoms with van der Waals surface area (Å²) in [6.07, 6.45) is 0.0536. The number of sulfonamides is 1. The van der Waals surface area contributed by atoms with Crippen LogP contribution in [-0.4, -0.2) is 35.0 Å². The summed E-state index contributed by atoms with van der Waals surface area (Å²) in [6, 6.07) is 15.9. The number of carbonyl (C=O) groups is 1. The third kappa shape index (κ3) is 3.13. The molecule has 0 N–H and O–H groups in total. The van der Waals surface area contributed by atoms with E-state index in [1.165, 1.54) is 4.68 Å². The van der Waals surface area contributed by atoms with Crippen molar-refractivity contribution >= 4 is 27.5 Å². The minimum absolute atomic E-state index is 0.00434. The summed E-state index contributed by atoms with van der Waals surface area (Å²) in [4.78, 5) is 13.2. The molecule has 156 valence electrons. The van der Waals surface area contributed by atoms with Crippen molar-refractivity contribution in [2.75, 3.05) is 6.54 Å². The molecule has 0 saturated carbocycles. The van der Waals surface area contributed by atoms with E-state index in [1.54, 1.807) is 20.9 Å². The number of aryl methyl sites for hydroxylation is 2. The van der Waals surface area contributed by atoms with Gasteiger partial charge in [0.15, 0.2) is 0 Å². The highest BCUT2D eigenvalue weighted by molar-refractivity contribution is 7.89. The number of nitrogens with zero attached hydrogens (tertiary/aromatic N) is 3. The molecular formula is C22H22ClN3O3S. The van der Waals surface area contributed by atoms with Crippen LogP contribution >= 0.6 is 11.6 Å². The highest BCUT2D eigenvalue weighted by Gasteiger charge is 2.37. The van der Waals surface area contributed by atoms with E-state index < -0.39 is 15.9 Å². The van der Waals surface area contributed by atoms with Gasteiger partial charge in [0.25, 0.3) is 10.0 Å². The van der Waals surface area contributed by atoms with Crippen LogP contribution in [0, 0.1) is 6.92 Å². The summed E-state index contributed by atoms with van der Waals surface area (Å²) in [5.74, 6) is -0.659. The molecule has 1 aliphatic carbocycles. The van der Waals surface area contributed by atoms with Crippen LogP contribution in [0.2, 0.25) is 5.15 Å². The quantitative estimate of drug-likeness (QED) is 0.594. The summed E-state index contributed by atoms with van der Waals surface area (Å²) in [5.41, 5.74) is 4.52. The van der Waals surface area contributed by atoms with E-state index in [9.17, 15) is 13.2 Å². The lowest BCUT2D eigenvalue weighted by molar-refractivity contribution is -0.126. The fourth-order valence-electron chi connectivity index (χ4n) is 4.25. The Kier molecular flexibility index (Phi) is 5.20. The van der Waals surface area contributed by atoms with E-state index in [1.807, 2.05) is 48.5 Å². The van der Waals surface area contributed by atoms with Crippen LogP contribution in [0.5, 0.6) is 0 Å². The molecule has 1 aromatic heterocycles. The summed E-state index contributed by atoms with van der Waals surface area (Å²) in [6.45, 7) is 3.23. The first-order valence-electron chi connectivity index (χ1n) is 9.70. The number of halogens is 1. The standard InChI is InChI=1S/C22H22ClN3O3S/c1-4-26(30(28,29)21-14(2)24-25(3)22(21)23)20(27)13-19-17-11-7-5-9-15(17)16-10-6-8-12-18(16)19/h5-12,19H,4,13H2,1-3H3. The van der Waals surface area contributed by atoms with Gasteiger partial charge in [-0.25, -0.2) is 12.7 Å². The molecule has 30 heavy (non-hydrogen) atoms. The minimum atomic E-state index is -4.12. The van der Waals surface area contributed by atoms with E-state index in [2.05, 4.69) is 5.10 Å². The fraction of sp³-hybridized carbons (Fsp3) is 0.273. The number of amides is 1. The molecule has 0 aliphatic heterocycles. The van der Waals surface area contributed by atoms with E-state index in [0.717, 1.165) is 26.6 Å². The molecule has 0 fully saturated rings. The van der Waals surface area contributed by atoms with Crippen LogP contribution in [0.3, 0.4) is 0 Å². The first kappa shape index (κ1) is 20.6. The summed E-state index contributed by atoms with van der Waals surface area (Å²) >= 11 is 6.19. The van der Waals surface area contributed by atoms with Gasteiger partial charge in [-0.05, 0) is 36.1 Å². The van der Waals surface area contributed by atoms with E-state index >= 15 is 0 Å². The Balaban J connectivity index is 1.71. The van der Waals surface area contributed by atoms with Gasteiger partial charge in [0.05, 0.1) is 5.69 Å². The lowest BCUT2D eigenvalue weighted by atomic mass is 9.93. The van der Waals surface area contributed by atoms with E-state index in [4.69, 9.17) is 11.6 Å². The predicted molar refractivity (Wildman–Crippen MR) is 116 cm³/mol. The zero-order valence-electron chi connectivity index (χ0n) is 17.0. The van der Waals surface area contributed by atoms with Crippen molar-refractivity contribution in [2.45, 2.75) is 31.1 Å². The molecule has 0 radical (unpaired) electrons. The lowest BCUT2D eigenvalue weighted by Crippen LogP contribution is -2.37. The molecule has 0 bridgehead atoms. The first-order chi connectivity index (χ1) is 14.3. The molecule has 1 heterocycles. The van der Waals surface area contributed by atoms with Crippen LogP contribution in [-0.2, 0) is 21.9 Å². The van der Waals surface area contributed by atoms with Crippen LogP contribution in [0.25, 0.3) is 11.1 Å². The van der Waals surface area contributed by atoms with Crippen molar-refractivity contribution in [1.82, 2.24) is 14.1 Å². The number of benzene rings is 2. The molecule has 3 aromatic rings. The van der Waals surface area contributed by atoms with E-state index in [-0.39, 0.29) is 34.6 Å². The summed E-state index contributed by atoms with van der Waals surface area (Å²) in [7, 11) is -2.55. The maximum atomic E-state index is 13.3. The van der Waals surface area contributed by atoms with Crippen molar-refractivity contribution in [2.24, 2.45) is 7.05 Å². The highest BCUT2D eigenvalue weighted by atomic mass is 35.5. The average molecular weight is 444 g/mol. The van der Waals surface area contributed by atoms with Crippen LogP contribution in [0.1, 0.15) is 36.1 Å². The number of carbonyl (C=O) groups excluding carboxylic acids is 1. The molecule has 1 amide bonds.